The predicted molar refractivity (Wildman–Crippen MR) is 101 cm³/mol. The maximum absolute atomic E-state index is 13.8. The number of hydrogen-bond acceptors (Lipinski definition) is 6. The van der Waals surface area contributed by atoms with Gasteiger partial charge in [-0.2, -0.15) is 0 Å². The molecule has 1 amide bonds. The minimum Gasteiger partial charge on any atom is -0.340 e. The van der Waals surface area contributed by atoms with Crippen LogP contribution in [0.1, 0.15) is 16.3 Å². The summed E-state index contributed by atoms with van der Waals surface area (Å²) < 4.78 is 15.1. The van der Waals surface area contributed by atoms with Crippen LogP contribution < -0.4 is 5.84 Å². The summed E-state index contributed by atoms with van der Waals surface area (Å²) in [5.74, 6) is 6.31. The molecule has 3 aromatic rings. The molecule has 0 bridgehead atoms. The van der Waals surface area contributed by atoms with Gasteiger partial charge in [0, 0.05) is 18.3 Å². The first-order chi connectivity index (χ1) is 12.5. The van der Waals surface area contributed by atoms with Crippen LogP contribution in [0.4, 0.5) is 4.39 Å². The Morgan fingerprint density at radius 3 is 2.85 bits per heavy atom. The molecule has 136 valence electrons. The lowest BCUT2D eigenvalue weighted by atomic mass is 10.1. The molecular formula is C17H18FN5OS2. The number of carbonyl (C=O) groups is 1. The van der Waals surface area contributed by atoms with Gasteiger partial charge in [-0.3, -0.25) is 4.79 Å². The molecule has 26 heavy (non-hydrogen) atoms. The number of benzene rings is 1. The van der Waals surface area contributed by atoms with E-state index in [1.807, 2.05) is 17.5 Å². The van der Waals surface area contributed by atoms with E-state index in [9.17, 15) is 9.18 Å². The molecule has 0 aliphatic carbocycles. The Morgan fingerprint density at radius 2 is 2.12 bits per heavy atom. The van der Waals surface area contributed by atoms with E-state index in [0.717, 1.165) is 4.88 Å². The van der Waals surface area contributed by atoms with E-state index < -0.39 is 0 Å². The minimum atomic E-state index is -0.310. The van der Waals surface area contributed by atoms with Crippen LogP contribution in [0.3, 0.4) is 0 Å². The lowest BCUT2D eigenvalue weighted by Gasteiger charge is -2.15. The van der Waals surface area contributed by atoms with Gasteiger partial charge in [0.1, 0.15) is 5.82 Å². The Morgan fingerprint density at radius 1 is 1.31 bits per heavy atom. The fraction of sp³-hybridized carbons (Fsp3) is 0.235. The molecule has 0 aliphatic rings. The van der Waals surface area contributed by atoms with Crippen molar-refractivity contribution in [3.63, 3.8) is 0 Å². The molecule has 1 aromatic carbocycles. The lowest BCUT2D eigenvalue weighted by molar-refractivity contribution is -0.127. The highest BCUT2D eigenvalue weighted by atomic mass is 32.2. The molecule has 3 rings (SSSR count). The summed E-state index contributed by atoms with van der Waals surface area (Å²) >= 11 is 2.83. The zero-order valence-corrected chi connectivity index (χ0v) is 15.8. The highest BCUT2D eigenvalue weighted by Crippen LogP contribution is 2.18. The van der Waals surface area contributed by atoms with Crippen LogP contribution >= 0.6 is 23.1 Å². The lowest BCUT2D eigenvalue weighted by Crippen LogP contribution is -2.27. The number of nitrogens with zero attached hydrogens (tertiary/aromatic N) is 4. The maximum Gasteiger partial charge on any atom is 0.233 e. The van der Waals surface area contributed by atoms with Gasteiger partial charge in [0.15, 0.2) is 5.82 Å². The number of thioether (sulfide) groups is 1. The zero-order chi connectivity index (χ0) is 18.5. The van der Waals surface area contributed by atoms with E-state index in [-0.39, 0.29) is 23.9 Å². The van der Waals surface area contributed by atoms with Gasteiger partial charge in [-0.1, -0.05) is 36.0 Å². The molecule has 0 saturated heterocycles. The van der Waals surface area contributed by atoms with Crippen molar-refractivity contribution in [1.29, 1.82) is 0 Å². The molecular weight excluding hydrogens is 373 g/mol. The van der Waals surface area contributed by atoms with Gasteiger partial charge < -0.3 is 10.7 Å². The van der Waals surface area contributed by atoms with Gasteiger partial charge in [-0.05, 0) is 23.1 Å². The number of hydrogen-bond donors (Lipinski definition) is 1. The maximum atomic E-state index is 13.8. The van der Waals surface area contributed by atoms with E-state index >= 15 is 0 Å². The van der Waals surface area contributed by atoms with Crippen molar-refractivity contribution >= 4 is 29.0 Å². The van der Waals surface area contributed by atoms with Gasteiger partial charge in [0.2, 0.25) is 11.1 Å². The summed E-state index contributed by atoms with van der Waals surface area (Å²) in [7, 11) is 1.76. The Kier molecular flexibility index (Phi) is 5.89. The fourth-order valence-corrected chi connectivity index (χ4v) is 3.87. The van der Waals surface area contributed by atoms with Gasteiger partial charge in [0.05, 0.1) is 12.3 Å². The van der Waals surface area contributed by atoms with E-state index in [0.29, 0.717) is 23.1 Å². The second-order valence-corrected chi connectivity index (χ2v) is 7.63. The summed E-state index contributed by atoms with van der Waals surface area (Å²) in [5, 5.41) is 10.4. The molecule has 2 heterocycles. The smallest absolute Gasteiger partial charge is 0.233 e. The summed E-state index contributed by atoms with van der Waals surface area (Å²) in [6.07, 6.45) is 0.239. The minimum absolute atomic E-state index is 0.0259. The van der Waals surface area contributed by atoms with Gasteiger partial charge in [-0.25, -0.2) is 9.07 Å². The molecule has 0 unspecified atom stereocenters. The van der Waals surface area contributed by atoms with Crippen molar-refractivity contribution < 1.29 is 9.18 Å². The first-order valence-electron chi connectivity index (χ1n) is 7.86. The Balaban J connectivity index is 1.58. The Bertz CT molecular complexity index is 881. The number of halogens is 1. The third kappa shape index (κ3) is 4.41. The van der Waals surface area contributed by atoms with Gasteiger partial charge in [-0.15, -0.1) is 21.5 Å². The van der Waals surface area contributed by atoms with E-state index in [2.05, 4.69) is 10.2 Å². The first kappa shape index (κ1) is 18.4. The van der Waals surface area contributed by atoms with Crippen LogP contribution in [-0.4, -0.2) is 38.5 Å². The van der Waals surface area contributed by atoms with Crippen LogP contribution in [-0.2, 0) is 17.8 Å². The predicted octanol–water partition coefficient (Wildman–Crippen LogP) is 2.53. The summed E-state index contributed by atoms with van der Waals surface area (Å²) in [6.45, 7) is 0.574. The van der Waals surface area contributed by atoms with Gasteiger partial charge in [0.25, 0.3) is 0 Å². The molecule has 9 heteroatoms. The molecule has 0 atom stereocenters. The van der Waals surface area contributed by atoms with Crippen LogP contribution in [0.2, 0.25) is 0 Å². The Hall–Kier alpha value is -2.39. The monoisotopic (exact) mass is 391 g/mol. The van der Waals surface area contributed by atoms with Crippen LogP contribution in [0.15, 0.2) is 46.9 Å². The number of thiophene rings is 1. The standard InChI is InChI=1S/C17H18FN5OS2/c1-22(10-13-6-4-8-25-13)16(24)11-26-17-21-20-15(23(17)19)9-12-5-2-3-7-14(12)18/h2-8H,9-11,19H2,1H3. The zero-order valence-electron chi connectivity index (χ0n) is 14.1. The second kappa shape index (κ2) is 8.33. The number of nitrogen functional groups attached to an aromatic ring is 1. The number of nitrogens with two attached hydrogens (primary N) is 1. The fourth-order valence-electron chi connectivity index (χ4n) is 2.30. The summed E-state index contributed by atoms with van der Waals surface area (Å²) in [6, 6.07) is 10.4. The normalized spacial score (nSPS) is 10.8. The van der Waals surface area contributed by atoms with Crippen LogP contribution in [0, 0.1) is 5.82 Å². The number of aromatic nitrogens is 3. The largest absolute Gasteiger partial charge is 0.340 e. The van der Waals surface area contributed by atoms with Crippen LogP contribution in [0.5, 0.6) is 0 Å². The van der Waals surface area contributed by atoms with Crippen molar-refractivity contribution in [3.8, 4) is 0 Å². The first-order valence-corrected chi connectivity index (χ1v) is 9.73. The van der Waals surface area contributed by atoms with Crippen molar-refractivity contribution in [2.75, 3.05) is 18.6 Å². The number of rotatable bonds is 7. The third-order valence-electron chi connectivity index (χ3n) is 3.77. The topological polar surface area (TPSA) is 77.0 Å². The summed E-state index contributed by atoms with van der Waals surface area (Å²) in [4.78, 5) is 15.0. The van der Waals surface area contributed by atoms with Gasteiger partial charge >= 0.3 is 0 Å². The molecule has 0 saturated carbocycles. The molecule has 2 aromatic heterocycles. The van der Waals surface area contributed by atoms with Crippen molar-refractivity contribution in [3.05, 3.63) is 63.9 Å². The second-order valence-electron chi connectivity index (χ2n) is 5.65. The van der Waals surface area contributed by atoms with E-state index in [1.54, 1.807) is 41.5 Å². The molecule has 0 radical (unpaired) electrons. The molecule has 0 spiro atoms. The van der Waals surface area contributed by atoms with Crippen molar-refractivity contribution in [2.45, 2.75) is 18.1 Å². The third-order valence-corrected chi connectivity index (χ3v) is 5.55. The highest BCUT2D eigenvalue weighted by molar-refractivity contribution is 7.99. The number of amides is 1. The highest BCUT2D eigenvalue weighted by Gasteiger charge is 2.16. The van der Waals surface area contributed by atoms with Crippen molar-refractivity contribution in [1.82, 2.24) is 19.8 Å². The Labute approximate surface area is 158 Å². The SMILES string of the molecule is CN(Cc1cccs1)C(=O)CSc1nnc(Cc2ccccc2F)n1N. The molecule has 6 nitrogen and oxygen atoms in total. The van der Waals surface area contributed by atoms with Crippen molar-refractivity contribution in [2.24, 2.45) is 0 Å². The van der Waals surface area contributed by atoms with E-state index in [1.165, 1.54) is 22.5 Å². The van der Waals surface area contributed by atoms with Crippen LogP contribution in [0.25, 0.3) is 0 Å². The quantitative estimate of drug-likeness (QED) is 0.495. The molecule has 0 aliphatic heterocycles. The number of carbonyl (C=O) groups excluding carboxylic acids is 1. The summed E-state index contributed by atoms with van der Waals surface area (Å²) in [5.41, 5.74) is 0.495. The average molecular weight is 391 g/mol. The molecule has 0 fully saturated rings. The molecule has 2 N–H and O–H groups in total. The van der Waals surface area contributed by atoms with E-state index in [4.69, 9.17) is 5.84 Å². The average Bonchev–Trinajstić information content (AvgIpc) is 3.25.